The topological polar surface area (TPSA) is 82.9 Å². The number of ether oxygens (including phenoxy) is 1. The number of azide groups is 1. The van der Waals surface area contributed by atoms with Crippen molar-refractivity contribution in [3.05, 3.63) is 64.0 Å². The number of halogens is 1. The highest BCUT2D eigenvalue weighted by molar-refractivity contribution is 5.51. The van der Waals surface area contributed by atoms with Crippen LogP contribution in [0.4, 0.5) is 10.1 Å². The van der Waals surface area contributed by atoms with Gasteiger partial charge in [-0.2, -0.15) is 0 Å². The Hall–Kier alpha value is -2.79. The van der Waals surface area contributed by atoms with E-state index in [2.05, 4.69) is 20.3 Å². The third kappa shape index (κ3) is 3.26. The van der Waals surface area contributed by atoms with Gasteiger partial charge >= 0.3 is 0 Å². The molecule has 1 unspecified atom stereocenters. The van der Waals surface area contributed by atoms with E-state index in [1.54, 1.807) is 12.4 Å². The molecule has 0 radical (unpaired) electrons. The molecule has 1 aliphatic rings. The molecule has 0 aliphatic carbocycles. The number of hydrogen-bond acceptors (Lipinski definition) is 4. The lowest BCUT2D eigenvalue weighted by Gasteiger charge is -2.23. The first kappa shape index (κ1) is 16.1. The minimum Gasteiger partial charge on any atom is -0.486 e. The molecule has 3 rings (SSSR count). The normalized spacial score (nSPS) is 19.8. The first-order chi connectivity index (χ1) is 11.5. The number of aromatic nitrogens is 1. The van der Waals surface area contributed by atoms with Crippen molar-refractivity contribution in [1.29, 1.82) is 0 Å². The van der Waals surface area contributed by atoms with E-state index in [-0.39, 0.29) is 18.4 Å². The zero-order chi connectivity index (χ0) is 17.2. The molecule has 0 bridgehead atoms. The van der Waals surface area contributed by atoms with E-state index in [1.807, 2.05) is 26.0 Å². The minimum absolute atomic E-state index is 0.166. The van der Waals surface area contributed by atoms with Gasteiger partial charge in [-0.05, 0) is 43.6 Å². The van der Waals surface area contributed by atoms with Crippen molar-refractivity contribution in [3.63, 3.8) is 0 Å². The SMILES string of the molecule is C[C@@H](Nc1cccnc1)c1cc(F)cc2c1OC(C)(CN=[N+]=[N-])C2. The Morgan fingerprint density at radius 1 is 1.54 bits per heavy atom. The summed E-state index contributed by atoms with van der Waals surface area (Å²) in [6.45, 7) is 4.00. The summed E-state index contributed by atoms with van der Waals surface area (Å²) in [4.78, 5) is 6.85. The molecule has 0 spiro atoms. The summed E-state index contributed by atoms with van der Waals surface area (Å²) >= 11 is 0. The second-order valence-electron chi connectivity index (χ2n) is 6.21. The number of pyridine rings is 1. The summed E-state index contributed by atoms with van der Waals surface area (Å²) < 4.78 is 20.1. The molecule has 1 aromatic carbocycles. The molecular formula is C17H18FN5O. The highest BCUT2D eigenvalue weighted by Gasteiger charge is 2.37. The van der Waals surface area contributed by atoms with Crippen LogP contribution in [0, 0.1) is 5.82 Å². The number of benzene rings is 1. The number of fused-ring (bicyclic) bond motifs is 1. The average Bonchev–Trinajstić information content (AvgIpc) is 2.89. The lowest BCUT2D eigenvalue weighted by atomic mass is 9.97. The third-order valence-corrected chi connectivity index (χ3v) is 4.05. The van der Waals surface area contributed by atoms with Crippen LogP contribution in [0.25, 0.3) is 10.4 Å². The summed E-state index contributed by atoms with van der Waals surface area (Å²) in [6, 6.07) is 6.53. The molecule has 1 aromatic heterocycles. The van der Waals surface area contributed by atoms with Crippen molar-refractivity contribution in [1.82, 2.24) is 4.98 Å². The van der Waals surface area contributed by atoms with Crippen LogP contribution in [-0.2, 0) is 6.42 Å². The highest BCUT2D eigenvalue weighted by atomic mass is 19.1. The number of anilines is 1. The summed E-state index contributed by atoms with van der Waals surface area (Å²) in [7, 11) is 0. The number of nitrogens with zero attached hydrogens (tertiary/aromatic N) is 4. The van der Waals surface area contributed by atoms with Crippen LogP contribution in [0.2, 0.25) is 0 Å². The monoisotopic (exact) mass is 327 g/mol. The van der Waals surface area contributed by atoms with Gasteiger partial charge in [-0.3, -0.25) is 4.98 Å². The van der Waals surface area contributed by atoms with Gasteiger partial charge in [-0.15, -0.1) is 0 Å². The van der Waals surface area contributed by atoms with Gasteiger partial charge in [-0.1, -0.05) is 5.11 Å². The van der Waals surface area contributed by atoms with Gasteiger partial charge in [0, 0.05) is 34.9 Å². The van der Waals surface area contributed by atoms with Crippen LogP contribution < -0.4 is 10.1 Å². The molecule has 0 fully saturated rings. The molecule has 1 N–H and O–H groups in total. The molecule has 2 aromatic rings. The number of rotatable bonds is 5. The number of nitrogens with one attached hydrogen (secondary N) is 1. The van der Waals surface area contributed by atoms with Crippen LogP contribution in [0.3, 0.4) is 0 Å². The van der Waals surface area contributed by atoms with E-state index in [9.17, 15) is 4.39 Å². The molecule has 6 nitrogen and oxygen atoms in total. The molecule has 1 aliphatic heterocycles. The second kappa shape index (κ2) is 6.37. The van der Waals surface area contributed by atoms with E-state index >= 15 is 0 Å². The first-order valence-electron chi connectivity index (χ1n) is 7.69. The molecule has 0 saturated heterocycles. The zero-order valence-electron chi connectivity index (χ0n) is 13.5. The predicted molar refractivity (Wildman–Crippen MR) is 89.4 cm³/mol. The molecule has 124 valence electrons. The fourth-order valence-electron chi connectivity index (χ4n) is 2.98. The van der Waals surface area contributed by atoms with Crippen molar-refractivity contribution >= 4 is 5.69 Å². The molecule has 2 atom stereocenters. The lowest BCUT2D eigenvalue weighted by Crippen LogP contribution is -2.33. The van der Waals surface area contributed by atoms with Gasteiger partial charge < -0.3 is 10.1 Å². The first-order valence-corrected chi connectivity index (χ1v) is 7.69. The quantitative estimate of drug-likeness (QED) is 0.502. The zero-order valence-corrected chi connectivity index (χ0v) is 13.5. The van der Waals surface area contributed by atoms with Crippen molar-refractivity contribution in [3.8, 4) is 5.75 Å². The Labute approximate surface area is 139 Å². The summed E-state index contributed by atoms with van der Waals surface area (Å²) in [5.41, 5.74) is 10.3. The second-order valence-corrected chi connectivity index (χ2v) is 6.21. The predicted octanol–water partition coefficient (Wildman–Crippen LogP) is 4.40. The van der Waals surface area contributed by atoms with Crippen LogP contribution in [0.5, 0.6) is 5.75 Å². The highest BCUT2D eigenvalue weighted by Crippen LogP contribution is 2.41. The van der Waals surface area contributed by atoms with Crippen molar-refractivity contribution in [2.24, 2.45) is 5.11 Å². The van der Waals surface area contributed by atoms with E-state index in [0.29, 0.717) is 12.2 Å². The molecule has 24 heavy (non-hydrogen) atoms. The molecule has 0 saturated carbocycles. The Kier molecular flexibility index (Phi) is 4.27. The summed E-state index contributed by atoms with van der Waals surface area (Å²) in [6.07, 6.45) is 3.91. The van der Waals surface area contributed by atoms with E-state index in [0.717, 1.165) is 16.8 Å². The van der Waals surface area contributed by atoms with Crippen molar-refractivity contribution in [2.75, 3.05) is 11.9 Å². The fraction of sp³-hybridized carbons (Fsp3) is 0.353. The standard InChI is InChI=1S/C17H18FN5O/c1-11(22-14-4-3-5-20-9-14)15-7-13(18)6-12-8-17(2,10-21-23-19)24-16(12)15/h3-7,9,11,22H,8,10H2,1-2H3/t11-,17?/m1/s1. The van der Waals surface area contributed by atoms with Gasteiger partial charge in [0.05, 0.1) is 18.3 Å². The Bertz CT molecular complexity index is 791. The lowest BCUT2D eigenvalue weighted by molar-refractivity contribution is 0.124. The van der Waals surface area contributed by atoms with Crippen molar-refractivity contribution in [2.45, 2.75) is 31.9 Å². The van der Waals surface area contributed by atoms with Gasteiger partial charge in [0.2, 0.25) is 0 Å². The smallest absolute Gasteiger partial charge is 0.128 e. The Morgan fingerprint density at radius 2 is 2.38 bits per heavy atom. The van der Waals surface area contributed by atoms with Gasteiger partial charge in [0.15, 0.2) is 0 Å². The van der Waals surface area contributed by atoms with E-state index in [4.69, 9.17) is 10.3 Å². The Morgan fingerprint density at radius 3 is 3.08 bits per heavy atom. The Balaban J connectivity index is 1.90. The minimum atomic E-state index is -0.648. The van der Waals surface area contributed by atoms with Gasteiger partial charge in [0.25, 0.3) is 0 Å². The fourth-order valence-corrected chi connectivity index (χ4v) is 2.98. The van der Waals surface area contributed by atoms with Crippen molar-refractivity contribution < 1.29 is 9.13 Å². The maximum absolute atomic E-state index is 14.0. The maximum Gasteiger partial charge on any atom is 0.128 e. The third-order valence-electron chi connectivity index (χ3n) is 4.05. The summed E-state index contributed by atoms with van der Waals surface area (Å²) in [5.74, 6) is 0.358. The number of hydrogen-bond donors (Lipinski definition) is 1. The molecule has 7 heteroatoms. The maximum atomic E-state index is 14.0. The van der Waals surface area contributed by atoms with Crippen LogP contribution in [-0.4, -0.2) is 17.1 Å². The van der Waals surface area contributed by atoms with Gasteiger partial charge in [-0.25, -0.2) is 4.39 Å². The largest absolute Gasteiger partial charge is 0.486 e. The van der Waals surface area contributed by atoms with E-state index in [1.165, 1.54) is 12.1 Å². The van der Waals surface area contributed by atoms with E-state index < -0.39 is 5.60 Å². The molecule has 0 amide bonds. The molecular weight excluding hydrogens is 309 g/mol. The van der Waals surface area contributed by atoms with Crippen LogP contribution >= 0.6 is 0 Å². The molecule has 2 heterocycles. The van der Waals surface area contributed by atoms with Crippen LogP contribution in [0.15, 0.2) is 41.8 Å². The van der Waals surface area contributed by atoms with Crippen LogP contribution in [0.1, 0.15) is 31.0 Å². The summed E-state index contributed by atoms with van der Waals surface area (Å²) in [5, 5.41) is 6.91. The average molecular weight is 327 g/mol. The van der Waals surface area contributed by atoms with Gasteiger partial charge in [0.1, 0.15) is 17.2 Å².